The van der Waals surface area contributed by atoms with Gasteiger partial charge in [-0.3, -0.25) is 4.79 Å². The first-order chi connectivity index (χ1) is 7.60. The van der Waals surface area contributed by atoms with Gasteiger partial charge < -0.3 is 14.2 Å². The van der Waals surface area contributed by atoms with E-state index in [1.807, 2.05) is 13.8 Å². The molecule has 0 aliphatic heterocycles. The minimum absolute atomic E-state index is 0.189. The lowest BCUT2D eigenvalue weighted by molar-refractivity contribution is -0.146. The van der Waals surface area contributed by atoms with E-state index >= 15 is 0 Å². The van der Waals surface area contributed by atoms with E-state index < -0.39 is 0 Å². The maximum absolute atomic E-state index is 11.1. The minimum Gasteiger partial charge on any atom is -0.489 e. The monoisotopic (exact) mass is 228 g/mol. The summed E-state index contributed by atoms with van der Waals surface area (Å²) in [4.78, 5) is 11.1. The third-order valence-corrected chi connectivity index (χ3v) is 1.65. The summed E-state index contributed by atoms with van der Waals surface area (Å²) in [5.74, 6) is 0.417. The molecule has 0 fully saturated rings. The molecule has 0 amide bonds. The number of carbonyl (C=O) groups excluding carboxylic acids is 1. The van der Waals surface area contributed by atoms with Crippen LogP contribution in [-0.2, 0) is 19.0 Å². The first-order valence-electron chi connectivity index (χ1n) is 5.35. The van der Waals surface area contributed by atoms with Crippen LogP contribution in [-0.4, -0.2) is 18.7 Å². The van der Waals surface area contributed by atoms with Crippen LogP contribution in [0.15, 0.2) is 24.9 Å². The molecular weight excluding hydrogens is 208 g/mol. The summed E-state index contributed by atoms with van der Waals surface area (Å²) in [7, 11) is 0. The van der Waals surface area contributed by atoms with Crippen molar-refractivity contribution in [1.82, 2.24) is 0 Å². The third kappa shape index (κ3) is 7.91. The molecule has 0 heterocycles. The molecule has 16 heavy (non-hydrogen) atoms. The van der Waals surface area contributed by atoms with Crippen molar-refractivity contribution in [3.8, 4) is 0 Å². The summed E-state index contributed by atoms with van der Waals surface area (Å²) in [6.07, 6.45) is 3.79. The number of hydrogen-bond donors (Lipinski definition) is 0. The van der Waals surface area contributed by atoms with Crippen LogP contribution in [0.1, 0.15) is 33.6 Å². The quantitative estimate of drug-likeness (QED) is 0.473. The van der Waals surface area contributed by atoms with Crippen LogP contribution in [0.2, 0.25) is 0 Å². The van der Waals surface area contributed by atoms with Crippen LogP contribution in [0.3, 0.4) is 0 Å². The molecule has 0 aromatic rings. The Kier molecular flexibility index (Phi) is 8.03. The number of allylic oxidation sites excluding steroid dienone is 1. The van der Waals surface area contributed by atoms with E-state index in [1.165, 1.54) is 12.5 Å². The first-order valence-corrected chi connectivity index (χ1v) is 5.35. The van der Waals surface area contributed by atoms with Crippen LogP contribution < -0.4 is 0 Å². The molecule has 0 aliphatic rings. The zero-order valence-electron chi connectivity index (χ0n) is 10.2. The van der Waals surface area contributed by atoms with E-state index in [4.69, 9.17) is 14.2 Å². The Morgan fingerprint density at radius 1 is 1.50 bits per heavy atom. The average molecular weight is 228 g/mol. The van der Waals surface area contributed by atoms with Gasteiger partial charge in [0.25, 0.3) is 0 Å². The third-order valence-electron chi connectivity index (χ3n) is 1.65. The highest BCUT2D eigenvalue weighted by molar-refractivity contribution is 5.69. The van der Waals surface area contributed by atoms with Gasteiger partial charge in [0.1, 0.15) is 24.7 Å². The second-order valence-corrected chi connectivity index (χ2v) is 3.39. The van der Waals surface area contributed by atoms with Crippen molar-refractivity contribution < 1.29 is 19.0 Å². The second kappa shape index (κ2) is 8.83. The SMILES string of the molecule is C=COC=C(C)OC(C)COC(=O)CCC. The smallest absolute Gasteiger partial charge is 0.305 e. The molecule has 0 radical (unpaired) electrons. The van der Waals surface area contributed by atoms with Crippen molar-refractivity contribution in [2.45, 2.75) is 39.7 Å². The lowest BCUT2D eigenvalue weighted by Crippen LogP contribution is -2.18. The van der Waals surface area contributed by atoms with E-state index in [0.29, 0.717) is 12.2 Å². The van der Waals surface area contributed by atoms with Gasteiger partial charge in [-0.25, -0.2) is 0 Å². The van der Waals surface area contributed by atoms with Crippen LogP contribution in [0.25, 0.3) is 0 Å². The highest BCUT2D eigenvalue weighted by atomic mass is 16.6. The van der Waals surface area contributed by atoms with Crippen LogP contribution in [0, 0.1) is 0 Å². The fraction of sp³-hybridized carbons (Fsp3) is 0.583. The Balaban J connectivity index is 3.76. The summed E-state index contributed by atoms with van der Waals surface area (Å²) in [5, 5.41) is 0. The molecule has 4 heteroatoms. The molecule has 4 nitrogen and oxygen atoms in total. The van der Waals surface area contributed by atoms with Gasteiger partial charge in [-0.15, -0.1) is 0 Å². The number of esters is 1. The molecule has 0 aromatic carbocycles. The molecule has 0 aliphatic carbocycles. The van der Waals surface area contributed by atoms with Crippen molar-refractivity contribution in [1.29, 1.82) is 0 Å². The topological polar surface area (TPSA) is 44.8 Å². The van der Waals surface area contributed by atoms with Gasteiger partial charge in [-0.2, -0.15) is 0 Å². The lowest BCUT2D eigenvalue weighted by atomic mass is 10.3. The number of ether oxygens (including phenoxy) is 3. The molecule has 0 spiro atoms. The highest BCUT2D eigenvalue weighted by Gasteiger charge is 2.07. The number of rotatable bonds is 8. The fourth-order valence-corrected chi connectivity index (χ4v) is 1.01. The predicted octanol–water partition coefficient (Wildman–Crippen LogP) is 2.76. The van der Waals surface area contributed by atoms with E-state index in [9.17, 15) is 4.79 Å². The normalized spacial score (nSPS) is 12.8. The van der Waals surface area contributed by atoms with Crippen molar-refractivity contribution in [2.75, 3.05) is 6.61 Å². The largest absolute Gasteiger partial charge is 0.489 e. The predicted molar refractivity (Wildman–Crippen MR) is 61.5 cm³/mol. The Labute approximate surface area is 96.9 Å². The Morgan fingerprint density at radius 3 is 2.75 bits per heavy atom. The molecule has 1 unspecified atom stereocenters. The van der Waals surface area contributed by atoms with Gasteiger partial charge in [0.15, 0.2) is 0 Å². The van der Waals surface area contributed by atoms with Crippen LogP contribution in [0.5, 0.6) is 0 Å². The van der Waals surface area contributed by atoms with Crippen molar-refractivity contribution >= 4 is 5.97 Å². The van der Waals surface area contributed by atoms with Gasteiger partial charge in [0.2, 0.25) is 0 Å². The standard InChI is InChI=1S/C12H20O4/c1-5-7-12(13)15-9-11(4)16-10(3)8-14-6-2/h6,8,11H,2,5,7,9H2,1,3-4H3. The summed E-state index contributed by atoms with van der Waals surface area (Å²) in [6, 6.07) is 0. The Hall–Kier alpha value is -1.45. The molecule has 92 valence electrons. The molecule has 0 aromatic heterocycles. The van der Waals surface area contributed by atoms with Crippen LogP contribution >= 0.6 is 0 Å². The molecule has 0 bridgehead atoms. The van der Waals surface area contributed by atoms with Crippen LogP contribution in [0.4, 0.5) is 0 Å². The molecule has 0 saturated heterocycles. The van der Waals surface area contributed by atoms with E-state index in [2.05, 4.69) is 6.58 Å². The lowest BCUT2D eigenvalue weighted by Gasteiger charge is -2.14. The van der Waals surface area contributed by atoms with Crippen molar-refractivity contribution in [3.05, 3.63) is 24.9 Å². The molecule has 0 N–H and O–H groups in total. The maximum atomic E-state index is 11.1. The van der Waals surface area contributed by atoms with E-state index in [-0.39, 0.29) is 18.7 Å². The zero-order valence-corrected chi connectivity index (χ0v) is 10.2. The van der Waals surface area contributed by atoms with Gasteiger partial charge in [-0.1, -0.05) is 13.5 Å². The molecule has 1 atom stereocenters. The van der Waals surface area contributed by atoms with Crippen molar-refractivity contribution in [3.63, 3.8) is 0 Å². The van der Waals surface area contributed by atoms with Gasteiger partial charge in [0.05, 0.1) is 6.26 Å². The summed E-state index contributed by atoms with van der Waals surface area (Å²) in [5.41, 5.74) is 0. The number of hydrogen-bond acceptors (Lipinski definition) is 4. The first kappa shape index (κ1) is 14.6. The minimum atomic E-state index is -0.193. The summed E-state index contributed by atoms with van der Waals surface area (Å²) in [6.45, 7) is 9.16. The van der Waals surface area contributed by atoms with Gasteiger partial charge in [0, 0.05) is 6.42 Å². The maximum Gasteiger partial charge on any atom is 0.305 e. The highest BCUT2D eigenvalue weighted by Crippen LogP contribution is 2.03. The second-order valence-electron chi connectivity index (χ2n) is 3.39. The summed E-state index contributed by atoms with van der Waals surface area (Å²) >= 11 is 0. The molecular formula is C12H20O4. The summed E-state index contributed by atoms with van der Waals surface area (Å²) < 4.78 is 15.2. The van der Waals surface area contributed by atoms with Crippen molar-refractivity contribution in [2.24, 2.45) is 0 Å². The van der Waals surface area contributed by atoms with E-state index in [1.54, 1.807) is 6.92 Å². The average Bonchev–Trinajstić information content (AvgIpc) is 2.24. The Bertz CT molecular complexity index is 245. The molecule has 0 saturated carbocycles. The fourth-order valence-electron chi connectivity index (χ4n) is 1.01. The zero-order chi connectivity index (χ0) is 12.4. The Morgan fingerprint density at radius 2 is 2.19 bits per heavy atom. The molecule has 0 rings (SSSR count). The van der Waals surface area contributed by atoms with E-state index in [0.717, 1.165) is 6.42 Å². The number of carbonyl (C=O) groups is 1. The van der Waals surface area contributed by atoms with Gasteiger partial charge in [-0.05, 0) is 20.3 Å². The van der Waals surface area contributed by atoms with Gasteiger partial charge >= 0.3 is 5.97 Å².